The lowest BCUT2D eigenvalue weighted by atomic mass is 10.1. The van der Waals surface area contributed by atoms with Crippen LogP contribution in [0.25, 0.3) is 0 Å². The Balaban J connectivity index is 0.00000264. The first-order chi connectivity index (χ1) is 10.5. The standard InChI is InChI=1S/C17H17FN4.HI/c1-11-3-6-15(7-12(11)2)22-17(20)21-10-14-5-4-13(9-19)8-16(14)18;/h3-8H,10H2,1-2H3,(H3,20,21,22);1H. The van der Waals surface area contributed by atoms with Crippen molar-refractivity contribution in [1.82, 2.24) is 0 Å². The number of rotatable bonds is 3. The summed E-state index contributed by atoms with van der Waals surface area (Å²) in [5, 5.41) is 11.7. The van der Waals surface area contributed by atoms with Crippen molar-refractivity contribution in [2.75, 3.05) is 5.32 Å². The number of nitrogens with two attached hydrogens (primary N) is 1. The second kappa shape index (κ2) is 8.48. The maximum Gasteiger partial charge on any atom is 0.193 e. The van der Waals surface area contributed by atoms with Crippen LogP contribution in [0.2, 0.25) is 0 Å². The molecule has 2 aromatic rings. The van der Waals surface area contributed by atoms with Gasteiger partial charge in [0.2, 0.25) is 0 Å². The highest BCUT2D eigenvalue weighted by Crippen LogP contribution is 2.14. The van der Waals surface area contributed by atoms with E-state index in [2.05, 4.69) is 10.3 Å². The van der Waals surface area contributed by atoms with Gasteiger partial charge in [-0.25, -0.2) is 9.38 Å². The molecule has 2 aromatic carbocycles. The molecule has 0 atom stereocenters. The van der Waals surface area contributed by atoms with Gasteiger partial charge in [-0.05, 0) is 49.2 Å². The zero-order valence-electron chi connectivity index (χ0n) is 12.9. The number of hydrogen-bond donors (Lipinski definition) is 2. The molecule has 0 amide bonds. The van der Waals surface area contributed by atoms with Crippen LogP contribution in [0.3, 0.4) is 0 Å². The van der Waals surface area contributed by atoms with Crippen molar-refractivity contribution in [3.63, 3.8) is 0 Å². The Labute approximate surface area is 152 Å². The third-order valence-electron chi connectivity index (χ3n) is 3.38. The molecule has 0 aromatic heterocycles. The van der Waals surface area contributed by atoms with E-state index < -0.39 is 5.82 Å². The number of benzene rings is 2. The Kier molecular flexibility index (Phi) is 6.97. The molecule has 23 heavy (non-hydrogen) atoms. The first kappa shape index (κ1) is 18.9. The molecule has 0 radical (unpaired) electrons. The monoisotopic (exact) mass is 424 g/mol. The minimum absolute atomic E-state index is 0. The smallest absolute Gasteiger partial charge is 0.193 e. The number of nitrogens with one attached hydrogen (secondary N) is 1. The zero-order chi connectivity index (χ0) is 16.1. The number of nitriles is 1. The normalized spacial score (nSPS) is 10.6. The third kappa shape index (κ3) is 5.21. The number of aliphatic imine (C=N–C) groups is 1. The van der Waals surface area contributed by atoms with Crippen molar-refractivity contribution >= 4 is 35.6 Å². The number of nitrogens with zero attached hydrogens (tertiary/aromatic N) is 2. The van der Waals surface area contributed by atoms with Crippen LogP contribution >= 0.6 is 24.0 Å². The van der Waals surface area contributed by atoms with Crippen molar-refractivity contribution < 1.29 is 4.39 Å². The highest BCUT2D eigenvalue weighted by molar-refractivity contribution is 14.0. The lowest BCUT2D eigenvalue weighted by Crippen LogP contribution is -2.22. The second-order valence-corrected chi connectivity index (χ2v) is 5.04. The van der Waals surface area contributed by atoms with E-state index >= 15 is 0 Å². The minimum Gasteiger partial charge on any atom is -0.370 e. The van der Waals surface area contributed by atoms with Crippen molar-refractivity contribution in [3.05, 3.63) is 64.5 Å². The summed E-state index contributed by atoms with van der Waals surface area (Å²) in [6.45, 7) is 4.16. The topological polar surface area (TPSA) is 74.2 Å². The highest BCUT2D eigenvalue weighted by Gasteiger charge is 2.03. The summed E-state index contributed by atoms with van der Waals surface area (Å²) in [4.78, 5) is 4.12. The van der Waals surface area contributed by atoms with E-state index in [4.69, 9.17) is 11.0 Å². The molecular formula is C17H18FIN4. The molecular weight excluding hydrogens is 406 g/mol. The zero-order valence-corrected chi connectivity index (χ0v) is 15.3. The molecule has 0 fully saturated rings. The molecule has 0 saturated carbocycles. The molecule has 0 saturated heterocycles. The van der Waals surface area contributed by atoms with Gasteiger partial charge >= 0.3 is 0 Å². The van der Waals surface area contributed by atoms with Crippen LogP contribution in [0.15, 0.2) is 41.4 Å². The van der Waals surface area contributed by atoms with E-state index in [0.29, 0.717) is 5.56 Å². The Morgan fingerprint density at radius 1 is 1.22 bits per heavy atom. The van der Waals surface area contributed by atoms with E-state index in [0.717, 1.165) is 11.3 Å². The van der Waals surface area contributed by atoms with Gasteiger partial charge in [0, 0.05) is 11.3 Å². The van der Waals surface area contributed by atoms with Crippen LogP contribution < -0.4 is 11.1 Å². The molecule has 0 spiro atoms. The average molecular weight is 424 g/mol. The van der Waals surface area contributed by atoms with Gasteiger partial charge in [-0.15, -0.1) is 24.0 Å². The number of hydrogen-bond acceptors (Lipinski definition) is 2. The Bertz CT molecular complexity index is 766. The quantitative estimate of drug-likeness (QED) is 0.447. The average Bonchev–Trinajstić information content (AvgIpc) is 2.49. The maximum absolute atomic E-state index is 13.7. The number of guanidine groups is 1. The molecule has 0 heterocycles. The van der Waals surface area contributed by atoms with E-state index in [9.17, 15) is 4.39 Å². The molecule has 6 heteroatoms. The summed E-state index contributed by atoms with van der Waals surface area (Å²) in [6.07, 6.45) is 0. The van der Waals surface area contributed by atoms with Gasteiger partial charge in [0.25, 0.3) is 0 Å². The van der Waals surface area contributed by atoms with Crippen molar-refractivity contribution in [2.45, 2.75) is 20.4 Å². The predicted molar refractivity (Wildman–Crippen MR) is 101 cm³/mol. The fourth-order valence-electron chi connectivity index (χ4n) is 1.92. The van der Waals surface area contributed by atoms with E-state index in [1.807, 2.05) is 38.1 Å². The van der Waals surface area contributed by atoms with Crippen molar-refractivity contribution in [2.24, 2.45) is 10.7 Å². The molecule has 0 unspecified atom stereocenters. The Hall–Kier alpha value is -2.14. The van der Waals surface area contributed by atoms with Gasteiger partial charge in [0.1, 0.15) is 5.82 Å². The molecule has 120 valence electrons. The van der Waals surface area contributed by atoms with Crippen LogP contribution in [0.1, 0.15) is 22.3 Å². The first-order valence-corrected chi connectivity index (χ1v) is 6.82. The molecule has 0 aliphatic heterocycles. The Morgan fingerprint density at radius 3 is 2.57 bits per heavy atom. The van der Waals surface area contributed by atoms with Crippen LogP contribution in [0.4, 0.5) is 10.1 Å². The number of anilines is 1. The summed E-state index contributed by atoms with van der Waals surface area (Å²) >= 11 is 0. The summed E-state index contributed by atoms with van der Waals surface area (Å²) < 4.78 is 13.7. The molecule has 3 N–H and O–H groups in total. The molecule has 4 nitrogen and oxygen atoms in total. The fourth-order valence-corrected chi connectivity index (χ4v) is 1.92. The summed E-state index contributed by atoms with van der Waals surface area (Å²) in [5.41, 5.74) is 9.67. The summed E-state index contributed by atoms with van der Waals surface area (Å²) in [7, 11) is 0. The molecule has 2 rings (SSSR count). The first-order valence-electron chi connectivity index (χ1n) is 6.82. The molecule has 0 aliphatic carbocycles. The fraction of sp³-hybridized carbons (Fsp3) is 0.176. The largest absolute Gasteiger partial charge is 0.370 e. The lowest BCUT2D eigenvalue weighted by molar-refractivity contribution is 0.610. The van der Waals surface area contributed by atoms with Crippen LogP contribution in [-0.4, -0.2) is 5.96 Å². The number of halogens is 2. The van der Waals surface area contributed by atoms with Gasteiger partial charge in [-0.3, -0.25) is 0 Å². The van der Waals surface area contributed by atoms with Gasteiger partial charge in [0.15, 0.2) is 5.96 Å². The summed E-state index contributed by atoms with van der Waals surface area (Å²) in [5.74, 6) is -0.242. The Morgan fingerprint density at radius 2 is 1.96 bits per heavy atom. The van der Waals surface area contributed by atoms with Gasteiger partial charge in [-0.1, -0.05) is 12.1 Å². The van der Waals surface area contributed by atoms with Crippen molar-refractivity contribution in [1.29, 1.82) is 5.26 Å². The maximum atomic E-state index is 13.7. The van der Waals surface area contributed by atoms with Gasteiger partial charge in [-0.2, -0.15) is 5.26 Å². The van der Waals surface area contributed by atoms with E-state index in [1.54, 1.807) is 12.1 Å². The van der Waals surface area contributed by atoms with Crippen LogP contribution in [0.5, 0.6) is 0 Å². The van der Waals surface area contributed by atoms with Crippen LogP contribution in [-0.2, 0) is 6.54 Å². The minimum atomic E-state index is -0.457. The van der Waals surface area contributed by atoms with Crippen LogP contribution in [0, 0.1) is 31.0 Å². The lowest BCUT2D eigenvalue weighted by Gasteiger charge is -2.08. The van der Waals surface area contributed by atoms with Gasteiger partial charge in [0.05, 0.1) is 18.2 Å². The summed E-state index contributed by atoms with van der Waals surface area (Å²) in [6, 6.07) is 12.1. The van der Waals surface area contributed by atoms with E-state index in [-0.39, 0.29) is 42.0 Å². The number of aryl methyl sites for hydroxylation is 2. The van der Waals surface area contributed by atoms with E-state index in [1.165, 1.54) is 11.6 Å². The molecule has 0 aliphatic rings. The van der Waals surface area contributed by atoms with Gasteiger partial charge < -0.3 is 11.1 Å². The predicted octanol–water partition coefficient (Wildman–Crippen LogP) is 3.86. The molecule has 0 bridgehead atoms. The highest BCUT2D eigenvalue weighted by atomic mass is 127. The SMILES string of the molecule is Cc1ccc(NC(N)=NCc2ccc(C#N)cc2F)cc1C.I. The second-order valence-electron chi connectivity index (χ2n) is 5.04. The van der Waals surface area contributed by atoms with Crippen molar-refractivity contribution in [3.8, 4) is 6.07 Å². The third-order valence-corrected chi connectivity index (χ3v) is 3.38.